The summed E-state index contributed by atoms with van der Waals surface area (Å²) in [5.41, 5.74) is -2.87. The van der Waals surface area contributed by atoms with E-state index >= 15 is 0 Å². The highest BCUT2D eigenvalue weighted by molar-refractivity contribution is 6.30. The van der Waals surface area contributed by atoms with Crippen molar-refractivity contribution in [1.82, 2.24) is 10.2 Å². The van der Waals surface area contributed by atoms with Gasteiger partial charge in [0.15, 0.2) is 11.4 Å². The van der Waals surface area contributed by atoms with Gasteiger partial charge < -0.3 is 0 Å². The summed E-state index contributed by atoms with van der Waals surface area (Å²) in [5.74, 6) is 0. The summed E-state index contributed by atoms with van der Waals surface area (Å²) in [5, 5.41) is 10.7. The second-order valence-corrected chi connectivity index (χ2v) is 3.92. The maximum Gasteiger partial charge on any atom is 0.435 e. The van der Waals surface area contributed by atoms with Crippen LogP contribution >= 0.6 is 11.6 Å². The maximum atomic E-state index is 12.5. The Hall–Kier alpha value is -2.09. The van der Waals surface area contributed by atoms with Crippen LogP contribution in [0.1, 0.15) is 5.69 Å². The summed E-state index contributed by atoms with van der Waals surface area (Å²) < 4.78 is 37.6. The van der Waals surface area contributed by atoms with Crippen molar-refractivity contribution < 1.29 is 13.2 Å². The van der Waals surface area contributed by atoms with E-state index in [0.717, 1.165) is 0 Å². The minimum absolute atomic E-state index is 0.237. The highest BCUT2D eigenvalue weighted by Crippen LogP contribution is 2.33. The number of aromatic amines is 2. The lowest BCUT2D eigenvalue weighted by Crippen LogP contribution is -2.06. The van der Waals surface area contributed by atoms with Gasteiger partial charge in [-0.2, -0.15) is 18.3 Å². The number of hydrogen-bond donors (Lipinski definition) is 2. The normalized spacial score (nSPS) is 12.2. The van der Waals surface area contributed by atoms with Crippen LogP contribution in [0.5, 0.6) is 0 Å². The molecule has 1 heterocycles. The van der Waals surface area contributed by atoms with E-state index in [1.54, 1.807) is 17.2 Å². The van der Waals surface area contributed by atoms with Gasteiger partial charge in [-0.1, -0.05) is 17.7 Å². The predicted molar refractivity (Wildman–Crippen MR) is 62.0 cm³/mol. The first-order valence-electron chi connectivity index (χ1n) is 4.93. The van der Waals surface area contributed by atoms with Crippen LogP contribution < -0.4 is 5.56 Å². The smallest absolute Gasteiger partial charge is 0.292 e. The molecule has 1 aromatic carbocycles. The van der Waals surface area contributed by atoms with Crippen LogP contribution in [-0.2, 0) is 6.18 Å². The van der Waals surface area contributed by atoms with Crippen molar-refractivity contribution in [1.29, 1.82) is 0 Å². The van der Waals surface area contributed by atoms with Crippen molar-refractivity contribution in [2.75, 3.05) is 0 Å². The van der Waals surface area contributed by atoms with Crippen LogP contribution in [0.2, 0.25) is 5.02 Å². The third-order valence-electron chi connectivity index (χ3n) is 2.11. The Labute approximate surface area is 109 Å². The molecule has 0 aliphatic rings. The Balaban J connectivity index is 2.39. The third-order valence-corrected chi connectivity index (χ3v) is 2.35. The van der Waals surface area contributed by atoms with Gasteiger partial charge in [0.2, 0.25) is 0 Å². The Morgan fingerprint density at radius 1 is 1.16 bits per heavy atom. The van der Waals surface area contributed by atoms with Crippen molar-refractivity contribution >= 4 is 23.0 Å². The van der Waals surface area contributed by atoms with Gasteiger partial charge in [0.05, 0.1) is 5.69 Å². The summed E-state index contributed by atoms with van der Waals surface area (Å²) in [4.78, 5) is 11.2. The summed E-state index contributed by atoms with van der Waals surface area (Å²) in [6, 6.07) is 6.02. The number of halogens is 4. The molecule has 0 unspecified atom stereocenters. The van der Waals surface area contributed by atoms with Crippen LogP contribution in [0.3, 0.4) is 0 Å². The predicted octanol–water partition coefficient (Wildman–Crippen LogP) is 3.79. The molecule has 0 fully saturated rings. The number of alkyl halides is 3. The number of rotatable bonds is 2. The van der Waals surface area contributed by atoms with E-state index in [1.165, 1.54) is 12.1 Å². The largest absolute Gasteiger partial charge is 0.435 e. The monoisotopic (exact) mass is 290 g/mol. The third kappa shape index (κ3) is 3.02. The number of hydrogen-bond acceptors (Lipinski definition) is 3. The molecular weight excluding hydrogens is 285 g/mol. The zero-order chi connectivity index (χ0) is 14.0. The van der Waals surface area contributed by atoms with E-state index < -0.39 is 23.1 Å². The molecular formula is C10H6ClF3N4O. The molecule has 5 nitrogen and oxygen atoms in total. The highest BCUT2D eigenvalue weighted by atomic mass is 35.5. The fourth-order valence-electron chi connectivity index (χ4n) is 1.30. The van der Waals surface area contributed by atoms with Gasteiger partial charge in [-0.25, -0.2) is 0 Å². The Kier molecular flexibility index (Phi) is 3.43. The topological polar surface area (TPSA) is 73.4 Å². The van der Waals surface area contributed by atoms with Gasteiger partial charge >= 0.3 is 6.18 Å². The van der Waals surface area contributed by atoms with Crippen molar-refractivity contribution in [3.63, 3.8) is 0 Å². The Bertz CT molecular complexity index is 674. The number of nitrogens with zero attached hydrogens (tertiary/aromatic N) is 2. The van der Waals surface area contributed by atoms with Crippen molar-refractivity contribution in [2.45, 2.75) is 6.18 Å². The van der Waals surface area contributed by atoms with Gasteiger partial charge in [-0.3, -0.25) is 15.0 Å². The number of azo groups is 1. The summed E-state index contributed by atoms with van der Waals surface area (Å²) >= 11 is 5.68. The molecule has 0 radical (unpaired) electrons. The number of H-pyrrole nitrogens is 2. The number of benzene rings is 1. The standard InChI is InChI=1S/C10H6ClF3N4O/c11-5-2-1-3-6(4-5)15-16-7-8(10(12,13)14)17-18-9(7)19/h1-4H,(H2,17,18,19). The summed E-state index contributed by atoms with van der Waals surface area (Å²) in [7, 11) is 0. The second-order valence-electron chi connectivity index (χ2n) is 3.48. The zero-order valence-corrected chi connectivity index (χ0v) is 9.88. The molecule has 0 amide bonds. The van der Waals surface area contributed by atoms with Crippen LogP contribution in [0.15, 0.2) is 39.3 Å². The minimum atomic E-state index is -4.72. The molecule has 0 bridgehead atoms. The lowest BCUT2D eigenvalue weighted by atomic mass is 10.3. The molecule has 100 valence electrons. The Morgan fingerprint density at radius 2 is 1.89 bits per heavy atom. The van der Waals surface area contributed by atoms with Crippen molar-refractivity contribution in [2.24, 2.45) is 10.2 Å². The lowest BCUT2D eigenvalue weighted by molar-refractivity contribution is -0.140. The summed E-state index contributed by atoms with van der Waals surface area (Å²) in [6.07, 6.45) is -4.72. The molecule has 0 aliphatic heterocycles. The molecule has 0 atom stereocenters. The maximum absolute atomic E-state index is 12.5. The van der Waals surface area contributed by atoms with E-state index in [4.69, 9.17) is 11.6 Å². The van der Waals surface area contributed by atoms with E-state index in [1.807, 2.05) is 5.10 Å². The molecule has 19 heavy (non-hydrogen) atoms. The first kappa shape index (κ1) is 13.3. The first-order valence-corrected chi connectivity index (χ1v) is 5.31. The molecule has 0 aliphatic carbocycles. The van der Waals surface area contributed by atoms with E-state index in [9.17, 15) is 18.0 Å². The van der Waals surface area contributed by atoms with Crippen LogP contribution in [0.4, 0.5) is 24.5 Å². The van der Waals surface area contributed by atoms with E-state index in [0.29, 0.717) is 5.02 Å². The van der Waals surface area contributed by atoms with Crippen LogP contribution in [0, 0.1) is 0 Å². The molecule has 1 aromatic heterocycles. The Morgan fingerprint density at radius 3 is 2.53 bits per heavy atom. The summed E-state index contributed by atoms with van der Waals surface area (Å²) in [6.45, 7) is 0. The van der Waals surface area contributed by atoms with Gasteiger partial charge in [0, 0.05) is 5.02 Å². The highest BCUT2D eigenvalue weighted by Gasteiger charge is 2.37. The molecule has 2 rings (SSSR count). The first-order chi connectivity index (χ1) is 8.88. The van der Waals surface area contributed by atoms with Crippen molar-refractivity contribution in [3.05, 3.63) is 45.3 Å². The molecule has 9 heteroatoms. The molecule has 2 aromatic rings. The molecule has 0 spiro atoms. The minimum Gasteiger partial charge on any atom is -0.292 e. The average molecular weight is 291 g/mol. The van der Waals surface area contributed by atoms with Crippen LogP contribution in [-0.4, -0.2) is 10.2 Å². The van der Waals surface area contributed by atoms with Gasteiger partial charge in [-0.05, 0) is 18.2 Å². The van der Waals surface area contributed by atoms with Crippen LogP contribution in [0.25, 0.3) is 0 Å². The van der Waals surface area contributed by atoms with Gasteiger partial charge in [0.25, 0.3) is 5.56 Å². The van der Waals surface area contributed by atoms with E-state index in [2.05, 4.69) is 10.2 Å². The fourth-order valence-corrected chi connectivity index (χ4v) is 1.48. The van der Waals surface area contributed by atoms with Gasteiger partial charge in [0.1, 0.15) is 0 Å². The SMILES string of the molecule is O=c1[nH][nH]c(C(F)(F)F)c1N=Nc1cccc(Cl)c1. The van der Waals surface area contributed by atoms with Crippen molar-refractivity contribution in [3.8, 4) is 0 Å². The molecule has 0 saturated carbocycles. The second kappa shape index (κ2) is 4.88. The fraction of sp³-hybridized carbons (Fsp3) is 0.100. The quantitative estimate of drug-likeness (QED) is 0.811. The molecule has 2 N–H and O–H groups in total. The number of nitrogens with one attached hydrogen (secondary N) is 2. The average Bonchev–Trinajstić information content (AvgIpc) is 2.68. The zero-order valence-electron chi connectivity index (χ0n) is 9.12. The number of aromatic nitrogens is 2. The van der Waals surface area contributed by atoms with E-state index in [-0.39, 0.29) is 5.69 Å². The lowest BCUT2D eigenvalue weighted by Gasteiger charge is -2.02. The van der Waals surface area contributed by atoms with Gasteiger partial charge in [-0.15, -0.1) is 5.11 Å². The molecule has 0 saturated heterocycles.